The standard InChI is InChI=1S/C25H39Cl2N5O5/c1-23(2,3)36-20(33)25(10-8-12-28-25)11-14-35-17-18(26)29-21(27)30-19(17)32-13-9-16(15-32)31(7)22(34)37-24(4,5)6/h16,28H,8-15H2,1-7H3/t16-,25+/m1/s1. The van der Waals surface area contributed by atoms with Crippen molar-refractivity contribution in [2.24, 2.45) is 0 Å². The van der Waals surface area contributed by atoms with Crippen LogP contribution in [0.1, 0.15) is 67.2 Å². The van der Waals surface area contributed by atoms with Crippen LogP contribution in [0.4, 0.5) is 10.6 Å². The monoisotopic (exact) mass is 559 g/mol. The van der Waals surface area contributed by atoms with Gasteiger partial charge in [0.1, 0.15) is 16.7 Å². The van der Waals surface area contributed by atoms with Crippen LogP contribution in [0.3, 0.4) is 0 Å². The van der Waals surface area contributed by atoms with Gasteiger partial charge in [0.05, 0.1) is 12.6 Å². The summed E-state index contributed by atoms with van der Waals surface area (Å²) in [4.78, 5) is 37.6. The molecule has 1 aromatic heterocycles. The van der Waals surface area contributed by atoms with Gasteiger partial charge in [-0.1, -0.05) is 11.6 Å². The molecule has 0 aromatic carbocycles. The molecule has 0 spiro atoms. The topological polar surface area (TPSA) is 106 Å². The lowest BCUT2D eigenvalue weighted by atomic mass is 9.93. The van der Waals surface area contributed by atoms with Crippen molar-refractivity contribution in [3.63, 3.8) is 0 Å². The van der Waals surface area contributed by atoms with Crippen LogP contribution < -0.4 is 15.0 Å². The van der Waals surface area contributed by atoms with Gasteiger partial charge in [-0.3, -0.25) is 4.79 Å². The highest BCUT2D eigenvalue weighted by molar-refractivity contribution is 6.33. The van der Waals surface area contributed by atoms with Crippen molar-refractivity contribution < 1.29 is 23.8 Å². The Kier molecular flexibility index (Phi) is 9.07. The van der Waals surface area contributed by atoms with Gasteiger partial charge in [-0.2, -0.15) is 4.98 Å². The van der Waals surface area contributed by atoms with E-state index in [1.165, 1.54) is 0 Å². The number of halogens is 2. The molecule has 3 heterocycles. The van der Waals surface area contributed by atoms with Gasteiger partial charge in [-0.25, -0.2) is 9.78 Å². The largest absolute Gasteiger partial charge is 0.487 e. The fourth-order valence-electron chi connectivity index (χ4n) is 4.46. The summed E-state index contributed by atoms with van der Waals surface area (Å²) in [6.07, 6.45) is 2.25. The van der Waals surface area contributed by atoms with Crippen molar-refractivity contribution in [2.45, 2.75) is 90.0 Å². The Morgan fingerprint density at radius 3 is 2.41 bits per heavy atom. The van der Waals surface area contributed by atoms with Gasteiger partial charge in [-0.05, 0) is 79.0 Å². The predicted molar refractivity (Wildman–Crippen MR) is 143 cm³/mol. The molecule has 1 amide bonds. The Morgan fingerprint density at radius 1 is 1.14 bits per heavy atom. The van der Waals surface area contributed by atoms with Crippen LogP contribution in [0.5, 0.6) is 5.75 Å². The van der Waals surface area contributed by atoms with Crippen LogP contribution in [0.2, 0.25) is 10.4 Å². The number of esters is 1. The minimum Gasteiger partial charge on any atom is -0.487 e. The molecule has 2 saturated heterocycles. The maximum absolute atomic E-state index is 13.0. The normalized spacial score (nSPS) is 22.2. The van der Waals surface area contributed by atoms with Crippen LogP contribution in [0.15, 0.2) is 0 Å². The van der Waals surface area contributed by atoms with Gasteiger partial charge in [0, 0.05) is 26.6 Å². The molecule has 0 unspecified atom stereocenters. The van der Waals surface area contributed by atoms with E-state index in [0.29, 0.717) is 43.9 Å². The summed E-state index contributed by atoms with van der Waals surface area (Å²) in [6, 6.07) is -0.0895. The summed E-state index contributed by atoms with van der Waals surface area (Å²) in [7, 11) is 1.73. The zero-order valence-electron chi connectivity index (χ0n) is 22.8. The lowest BCUT2D eigenvalue weighted by Gasteiger charge is -2.31. The number of hydrogen-bond acceptors (Lipinski definition) is 9. The first kappa shape index (κ1) is 29.5. The lowest BCUT2D eigenvalue weighted by Crippen LogP contribution is -2.51. The average Bonchev–Trinajstić information content (AvgIpc) is 3.42. The van der Waals surface area contributed by atoms with Gasteiger partial charge in [0.15, 0.2) is 16.7 Å². The quantitative estimate of drug-likeness (QED) is 0.294. The smallest absolute Gasteiger partial charge is 0.410 e. The SMILES string of the molecule is CN(C(=O)OC(C)(C)C)[C@@H]1CCN(c2nc(Cl)nc(Cl)c2OCC[C@]2(C(=O)OC(C)(C)C)CCCN2)C1. The van der Waals surface area contributed by atoms with Crippen LogP contribution in [0.25, 0.3) is 0 Å². The van der Waals surface area contributed by atoms with E-state index in [4.69, 9.17) is 37.4 Å². The minimum absolute atomic E-state index is 0.000943. The maximum Gasteiger partial charge on any atom is 0.410 e. The molecule has 0 aliphatic carbocycles. The number of hydrogen-bond donors (Lipinski definition) is 1. The highest BCUT2D eigenvalue weighted by Crippen LogP contribution is 2.37. The second-order valence-corrected chi connectivity index (χ2v) is 12.3. The van der Waals surface area contributed by atoms with Gasteiger partial charge < -0.3 is 29.3 Å². The molecule has 2 fully saturated rings. The first-order valence-electron chi connectivity index (χ1n) is 12.7. The predicted octanol–water partition coefficient (Wildman–Crippen LogP) is 4.46. The van der Waals surface area contributed by atoms with Crippen LogP contribution in [0, 0.1) is 0 Å². The first-order chi connectivity index (χ1) is 17.1. The number of aromatic nitrogens is 2. The molecular formula is C25H39Cl2N5O5. The van der Waals surface area contributed by atoms with Gasteiger partial charge in [-0.15, -0.1) is 0 Å². The molecule has 12 heteroatoms. The minimum atomic E-state index is -0.817. The van der Waals surface area contributed by atoms with E-state index >= 15 is 0 Å². The number of amides is 1. The van der Waals surface area contributed by atoms with E-state index in [2.05, 4.69) is 15.3 Å². The second kappa shape index (κ2) is 11.4. The molecule has 0 radical (unpaired) electrons. The first-order valence-corrected chi connectivity index (χ1v) is 13.4. The van der Waals surface area contributed by atoms with E-state index in [1.807, 2.05) is 46.4 Å². The van der Waals surface area contributed by atoms with E-state index in [1.54, 1.807) is 11.9 Å². The summed E-state index contributed by atoms with van der Waals surface area (Å²) < 4.78 is 17.3. The van der Waals surface area contributed by atoms with Crippen molar-refractivity contribution in [1.82, 2.24) is 20.2 Å². The third-order valence-corrected chi connectivity index (χ3v) is 6.70. The van der Waals surface area contributed by atoms with Crippen molar-refractivity contribution in [1.29, 1.82) is 0 Å². The number of rotatable bonds is 7. The molecule has 2 aliphatic rings. The molecule has 1 aromatic rings. The fraction of sp³-hybridized carbons (Fsp3) is 0.760. The third kappa shape index (κ3) is 7.74. The summed E-state index contributed by atoms with van der Waals surface area (Å²) in [6.45, 7) is 13.1. The van der Waals surface area contributed by atoms with Crippen LogP contribution in [-0.2, 0) is 14.3 Å². The third-order valence-electron chi connectivity index (χ3n) is 6.28. The average molecular weight is 561 g/mol. The Hall–Kier alpha value is -2.04. The molecule has 1 N–H and O–H groups in total. The second-order valence-electron chi connectivity index (χ2n) is 11.6. The van der Waals surface area contributed by atoms with Gasteiger partial charge in [0.25, 0.3) is 0 Å². The molecule has 2 atom stereocenters. The molecule has 37 heavy (non-hydrogen) atoms. The summed E-state index contributed by atoms with van der Waals surface area (Å²) in [5, 5.41) is 3.40. The number of carbonyl (C=O) groups excluding carboxylic acids is 2. The highest BCUT2D eigenvalue weighted by Gasteiger charge is 2.44. The fourth-order valence-corrected chi connectivity index (χ4v) is 4.88. The summed E-state index contributed by atoms with van der Waals surface area (Å²) >= 11 is 12.6. The van der Waals surface area contributed by atoms with E-state index in [0.717, 1.165) is 13.0 Å². The number of nitrogens with zero attached hydrogens (tertiary/aromatic N) is 4. The number of carbonyl (C=O) groups is 2. The van der Waals surface area contributed by atoms with Crippen LogP contribution in [-0.4, -0.2) is 83.0 Å². The number of likely N-dealkylation sites (N-methyl/N-ethyl adjacent to an activating group) is 1. The Balaban J connectivity index is 1.71. The maximum atomic E-state index is 13.0. The van der Waals surface area contributed by atoms with Crippen LogP contribution >= 0.6 is 23.2 Å². The van der Waals surface area contributed by atoms with E-state index < -0.39 is 16.7 Å². The van der Waals surface area contributed by atoms with Crippen molar-refractivity contribution in [3.8, 4) is 5.75 Å². The Bertz CT molecular complexity index is 989. The van der Waals surface area contributed by atoms with E-state index in [9.17, 15) is 9.59 Å². The van der Waals surface area contributed by atoms with E-state index in [-0.39, 0.29) is 35.1 Å². The molecule has 10 nitrogen and oxygen atoms in total. The molecule has 0 bridgehead atoms. The lowest BCUT2D eigenvalue weighted by molar-refractivity contribution is -0.163. The van der Waals surface area contributed by atoms with Gasteiger partial charge >= 0.3 is 12.1 Å². The number of nitrogens with one attached hydrogen (secondary N) is 1. The molecule has 3 rings (SSSR count). The summed E-state index contributed by atoms with van der Waals surface area (Å²) in [5.74, 6) is 0.465. The summed E-state index contributed by atoms with van der Waals surface area (Å²) in [5.41, 5.74) is -1.99. The van der Waals surface area contributed by atoms with Gasteiger partial charge in [0.2, 0.25) is 5.28 Å². The number of ether oxygens (including phenoxy) is 3. The molecule has 208 valence electrons. The zero-order chi connectivity index (χ0) is 27.6. The zero-order valence-corrected chi connectivity index (χ0v) is 24.3. The molecule has 2 aliphatic heterocycles. The van der Waals surface area contributed by atoms with Crippen molar-refractivity contribution in [2.75, 3.05) is 38.2 Å². The van der Waals surface area contributed by atoms with Crippen molar-refractivity contribution >= 4 is 41.1 Å². The highest BCUT2D eigenvalue weighted by atomic mass is 35.5. The number of anilines is 1. The molecule has 0 saturated carbocycles. The Labute approximate surface area is 229 Å². The van der Waals surface area contributed by atoms with Crippen molar-refractivity contribution in [3.05, 3.63) is 10.4 Å². The Morgan fingerprint density at radius 2 is 1.81 bits per heavy atom. The molecular weight excluding hydrogens is 521 g/mol.